The lowest BCUT2D eigenvalue weighted by atomic mass is 10.3. The van der Waals surface area contributed by atoms with Crippen LogP contribution >= 0.6 is 0 Å². The van der Waals surface area contributed by atoms with Crippen LogP contribution in [0.1, 0.15) is 10.5 Å². The molecule has 98 valence electrons. The highest BCUT2D eigenvalue weighted by Crippen LogP contribution is 2.01. The Morgan fingerprint density at radius 3 is 2.83 bits per heavy atom. The van der Waals surface area contributed by atoms with Crippen molar-refractivity contribution < 1.29 is 14.1 Å². The Morgan fingerprint density at radius 2 is 2.22 bits per heavy atom. The van der Waals surface area contributed by atoms with E-state index in [0.29, 0.717) is 13.1 Å². The first-order chi connectivity index (χ1) is 8.68. The Hall–Kier alpha value is -1.89. The maximum absolute atomic E-state index is 11.9. The Balaban J connectivity index is 1.88. The van der Waals surface area contributed by atoms with Crippen molar-refractivity contribution in [3.05, 3.63) is 18.0 Å². The summed E-state index contributed by atoms with van der Waals surface area (Å²) in [7, 11) is 1.58. The van der Waals surface area contributed by atoms with Crippen molar-refractivity contribution in [3.63, 3.8) is 0 Å². The highest BCUT2D eigenvalue weighted by atomic mass is 16.5. The van der Waals surface area contributed by atoms with Gasteiger partial charge in [-0.1, -0.05) is 5.16 Å². The molecule has 0 unspecified atom stereocenters. The molecule has 0 spiro atoms. The Kier molecular flexibility index (Phi) is 3.93. The van der Waals surface area contributed by atoms with E-state index in [1.807, 2.05) is 0 Å². The molecule has 1 aliphatic heterocycles. The zero-order valence-electron chi connectivity index (χ0n) is 10.3. The molecule has 1 aliphatic rings. The van der Waals surface area contributed by atoms with Gasteiger partial charge in [-0.3, -0.25) is 9.59 Å². The summed E-state index contributed by atoms with van der Waals surface area (Å²) in [6, 6.07) is 1.48. The van der Waals surface area contributed by atoms with E-state index in [2.05, 4.69) is 15.0 Å². The second-order valence-corrected chi connectivity index (χ2v) is 4.18. The zero-order valence-corrected chi connectivity index (χ0v) is 10.3. The number of piperazine rings is 1. The van der Waals surface area contributed by atoms with Gasteiger partial charge >= 0.3 is 0 Å². The minimum atomic E-state index is -0.313. The molecule has 1 aromatic heterocycles. The summed E-state index contributed by atoms with van der Waals surface area (Å²) in [6.07, 6.45) is 1.33. The molecule has 0 bridgehead atoms. The second-order valence-electron chi connectivity index (χ2n) is 4.18. The van der Waals surface area contributed by atoms with E-state index >= 15 is 0 Å². The van der Waals surface area contributed by atoms with Crippen molar-refractivity contribution in [2.24, 2.45) is 0 Å². The number of rotatable bonds is 3. The SMILES string of the molecule is CN(CC(=O)N1CCNCC1)C(=O)c1ccon1. The highest BCUT2D eigenvalue weighted by molar-refractivity contribution is 5.94. The summed E-state index contributed by atoms with van der Waals surface area (Å²) in [4.78, 5) is 26.9. The second kappa shape index (κ2) is 5.63. The monoisotopic (exact) mass is 252 g/mol. The number of hydrogen-bond acceptors (Lipinski definition) is 5. The van der Waals surface area contributed by atoms with Gasteiger partial charge in [-0.15, -0.1) is 0 Å². The van der Waals surface area contributed by atoms with Gasteiger partial charge in [-0.2, -0.15) is 0 Å². The van der Waals surface area contributed by atoms with Gasteiger partial charge in [-0.05, 0) is 0 Å². The largest absolute Gasteiger partial charge is 0.364 e. The number of amides is 2. The first-order valence-electron chi connectivity index (χ1n) is 5.83. The molecule has 1 aromatic rings. The van der Waals surface area contributed by atoms with Crippen molar-refractivity contribution in [1.29, 1.82) is 0 Å². The molecular formula is C11H16N4O3. The van der Waals surface area contributed by atoms with E-state index < -0.39 is 0 Å². The fraction of sp³-hybridized carbons (Fsp3) is 0.545. The smallest absolute Gasteiger partial charge is 0.276 e. The summed E-state index contributed by atoms with van der Waals surface area (Å²) in [5.41, 5.74) is 0.214. The number of nitrogens with one attached hydrogen (secondary N) is 1. The van der Waals surface area contributed by atoms with Crippen LogP contribution in [-0.4, -0.2) is 66.5 Å². The van der Waals surface area contributed by atoms with E-state index in [4.69, 9.17) is 0 Å². The maximum atomic E-state index is 11.9. The topological polar surface area (TPSA) is 78.7 Å². The Labute approximate surface area is 105 Å². The van der Waals surface area contributed by atoms with Crippen LogP contribution in [0.5, 0.6) is 0 Å². The zero-order chi connectivity index (χ0) is 13.0. The van der Waals surface area contributed by atoms with Crippen LogP contribution in [0.4, 0.5) is 0 Å². The lowest BCUT2D eigenvalue weighted by Crippen LogP contribution is -2.49. The van der Waals surface area contributed by atoms with Crippen molar-refractivity contribution in [2.75, 3.05) is 39.8 Å². The number of hydrogen-bond donors (Lipinski definition) is 1. The molecule has 2 amide bonds. The van der Waals surface area contributed by atoms with Crippen LogP contribution in [0.15, 0.2) is 16.9 Å². The summed E-state index contributed by atoms with van der Waals surface area (Å²) >= 11 is 0. The number of aromatic nitrogens is 1. The summed E-state index contributed by atoms with van der Waals surface area (Å²) in [5.74, 6) is -0.358. The van der Waals surface area contributed by atoms with Gasteiger partial charge in [0, 0.05) is 39.3 Å². The van der Waals surface area contributed by atoms with E-state index in [9.17, 15) is 9.59 Å². The van der Waals surface area contributed by atoms with Gasteiger partial charge in [0.25, 0.3) is 5.91 Å². The molecule has 0 atom stereocenters. The summed E-state index contributed by atoms with van der Waals surface area (Å²) < 4.78 is 4.61. The van der Waals surface area contributed by atoms with Crippen LogP contribution in [0.25, 0.3) is 0 Å². The highest BCUT2D eigenvalue weighted by Gasteiger charge is 2.21. The maximum Gasteiger partial charge on any atom is 0.276 e. The standard InChI is InChI=1S/C11H16N4O3/c1-14(11(17)9-2-7-18-13-9)8-10(16)15-5-3-12-4-6-15/h2,7,12H,3-6,8H2,1H3. The van der Waals surface area contributed by atoms with Crippen LogP contribution in [0, 0.1) is 0 Å². The molecule has 0 saturated carbocycles. The molecule has 18 heavy (non-hydrogen) atoms. The van der Waals surface area contributed by atoms with Gasteiger partial charge in [0.05, 0.1) is 6.54 Å². The summed E-state index contributed by atoms with van der Waals surface area (Å²) in [5, 5.41) is 6.73. The molecule has 7 heteroatoms. The molecular weight excluding hydrogens is 236 g/mol. The average molecular weight is 252 g/mol. The molecule has 2 rings (SSSR count). The van der Waals surface area contributed by atoms with Crippen molar-refractivity contribution >= 4 is 11.8 Å². The molecule has 1 saturated heterocycles. The van der Waals surface area contributed by atoms with Gasteiger partial charge in [0.2, 0.25) is 5.91 Å². The van der Waals surface area contributed by atoms with Gasteiger partial charge in [0.1, 0.15) is 6.26 Å². The average Bonchev–Trinajstić information content (AvgIpc) is 2.92. The van der Waals surface area contributed by atoms with Gasteiger partial charge in [0.15, 0.2) is 5.69 Å². The predicted molar refractivity (Wildman–Crippen MR) is 62.9 cm³/mol. The van der Waals surface area contributed by atoms with Crippen molar-refractivity contribution in [3.8, 4) is 0 Å². The fourth-order valence-electron chi connectivity index (χ4n) is 1.81. The number of carbonyl (C=O) groups excluding carboxylic acids is 2. The van der Waals surface area contributed by atoms with Crippen molar-refractivity contribution in [1.82, 2.24) is 20.3 Å². The van der Waals surface area contributed by atoms with E-state index in [1.54, 1.807) is 11.9 Å². The molecule has 1 fully saturated rings. The third kappa shape index (κ3) is 2.86. The third-order valence-electron chi connectivity index (χ3n) is 2.85. The lowest BCUT2D eigenvalue weighted by molar-refractivity contribution is -0.132. The molecule has 0 aromatic carbocycles. The first-order valence-corrected chi connectivity index (χ1v) is 5.83. The third-order valence-corrected chi connectivity index (χ3v) is 2.85. The number of carbonyl (C=O) groups is 2. The lowest BCUT2D eigenvalue weighted by Gasteiger charge is -2.29. The number of nitrogens with zero attached hydrogens (tertiary/aromatic N) is 3. The van der Waals surface area contributed by atoms with E-state index in [0.717, 1.165) is 13.1 Å². The quantitative estimate of drug-likeness (QED) is 0.760. The normalized spacial score (nSPS) is 15.5. The van der Waals surface area contributed by atoms with E-state index in [-0.39, 0.29) is 24.1 Å². The molecule has 1 N–H and O–H groups in total. The summed E-state index contributed by atoms with van der Waals surface area (Å²) in [6.45, 7) is 3.03. The Morgan fingerprint density at radius 1 is 1.50 bits per heavy atom. The Bertz CT molecular complexity index is 412. The first kappa shape index (κ1) is 12.6. The molecule has 7 nitrogen and oxygen atoms in total. The molecule has 0 radical (unpaired) electrons. The molecule has 0 aliphatic carbocycles. The van der Waals surface area contributed by atoms with Crippen molar-refractivity contribution in [2.45, 2.75) is 0 Å². The van der Waals surface area contributed by atoms with Crippen LogP contribution < -0.4 is 5.32 Å². The van der Waals surface area contributed by atoms with Crippen LogP contribution in [0.2, 0.25) is 0 Å². The van der Waals surface area contributed by atoms with Gasteiger partial charge in [-0.25, -0.2) is 0 Å². The van der Waals surface area contributed by atoms with Gasteiger partial charge < -0.3 is 19.6 Å². The minimum absolute atomic E-state index is 0.0455. The van der Waals surface area contributed by atoms with Crippen LogP contribution in [0.3, 0.4) is 0 Å². The van der Waals surface area contributed by atoms with Crippen LogP contribution in [-0.2, 0) is 4.79 Å². The van der Waals surface area contributed by atoms with E-state index in [1.165, 1.54) is 17.2 Å². The fourth-order valence-corrected chi connectivity index (χ4v) is 1.81. The predicted octanol–water partition coefficient (Wildman–Crippen LogP) is -0.822. The molecule has 2 heterocycles. The number of likely N-dealkylation sites (N-methyl/N-ethyl adjacent to an activating group) is 1. The minimum Gasteiger partial charge on any atom is -0.364 e.